The number of nitrogens with zero attached hydrogens (tertiary/aromatic N) is 7. The third-order valence-electron chi connectivity index (χ3n) is 6.91. The van der Waals surface area contributed by atoms with E-state index in [-0.39, 0.29) is 29.4 Å². The first kappa shape index (κ1) is 21.0. The number of piperidine rings is 1. The van der Waals surface area contributed by atoms with E-state index >= 15 is 0 Å². The monoisotopic (exact) mass is 462 g/mol. The molecule has 3 fully saturated rings. The topological polar surface area (TPSA) is 136 Å². The van der Waals surface area contributed by atoms with Crippen LogP contribution in [0.25, 0.3) is 11.6 Å². The third kappa shape index (κ3) is 4.07. The second-order valence-electron chi connectivity index (χ2n) is 9.32. The van der Waals surface area contributed by atoms with Crippen LogP contribution < -0.4 is 10.6 Å². The first-order chi connectivity index (χ1) is 16.6. The van der Waals surface area contributed by atoms with Crippen LogP contribution in [0.2, 0.25) is 0 Å². The number of rotatable bonds is 8. The predicted molar refractivity (Wildman–Crippen MR) is 122 cm³/mol. The Kier molecular flexibility index (Phi) is 5.13. The molecule has 1 aromatic carbocycles. The number of likely N-dealkylation sites (tertiary alicyclic amines) is 1. The lowest BCUT2D eigenvalue weighted by atomic mass is 10.2. The molecule has 3 heterocycles. The summed E-state index contributed by atoms with van der Waals surface area (Å²) < 4.78 is 11.1. The Hall–Kier alpha value is -3.60. The van der Waals surface area contributed by atoms with Crippen molar-refractivity contribution in [1.82, 2.24) is 30.0 Å². The Bertz CT molecular complexity index is 1190. The number of ether oxygens (including phenoxy) is 1. The molecule has 0 radical (unpaired) electrons. The lowest BCUT2D eigenvalue weighted by molar-refractivity contribution is 0.0681. The van der Waals surface area contributed by atoms with Gasteiger partial charge in [-0.05, 0) is 48.6 Å². The average molecular weight is 463 g/mol. The van der Waals surface area contributed by atoms with Gasteiger partial charge in [0.05, 0.1) is 6.61 Å². The van der Waals surface area contributed by atoms with Crippen LogP contribution in [0.3, 0.4) is 0 Å². The number of hydrogen-bond donors (Lipinski definition) is 1. The van der Waals surface area contributed by atoms with Gasteiger partial charge in [0.2, 0.25) is 23.5 Å². The Morgan fingerprint density at radius 2 is 1.85 bits per heavy atom. The van der Waals surface area contributed by atoms with Crippen LogP contribution >= 0.6 is 0 Å². The summed E-state index contributed by atoms with van der Waals surface area (Å²) in [6.45, 7) is 3.08. The number of nitrogen functional groups attached to an aromatic ring is 1. The maximum atomic E-state index is 12.9. The normalized spacial score (nSPS) is 23.1. The van der Waals surface area contributed by atoms with Crippen molar-refractivity contribution in [3.63, 3.8) is 0 Å². The molecule has 6 rings (SSSR count). The number of fused-ring (bicyclic) bond motifs is 1. The van der Waals surface area contributed by atoms with Crippen molar-refractivity contribution < 1.29 is 14.1 Å². The van der Waals surface area contributed by atoms with Gasteiger partial charge in [-0.3, -0.25) is 4.79 Å². The van der Waals surface area contributed by atoms with Crippen molar-refractivity contribution in [3.8, 4) is 11.6 Å². The second kappa shape index (κ2) is 8.32. The van der Waals surface area contributed by atoms with Gasteiger partial charge in [0, 0.05) is 32.4 Å². The number of anilines is 3. The highest BCUT2D eigenvalue weighted by atomic mass is 16.5. The molecule has 2 atom stereocenters. The van der Waals surface area contributed by atoms with Crippen molar-refractivity contribution in [2.24, 2.45) is 23.7 Å². The minimum atomic E-state index is -0.271. The minimum Gasteiger partial charge on any atom is -0.381 e. The molecule has 0 bridgehead atoms. The molecule has 2 aliphatic carbocycles. The Balaban J connectivity index is 1.11. The van der Waals surface area contributed by atoms with E-state index in [0.29, 0.717) is 36.8 Å². The molecule has 3 aromatic rings. The molecule has 11 heteroatoms. The fourth-order valence-corrected chi connectivity index (χ4v) is 4.65. The van der Waals surface area contributed by atoms with E-state index in [0.717, 1.165) is 24.8 Å². The predicted octanol–water partition coefficient (Wildman–Crippen LogP) is 2.02. The molecule has 2 N–H and O–H groups in total. The summed E-state index contributed by atoms with van der Waals surface area (Å²) in [6.07, 6.45) is 2.60. The molecule has 1 saturated heterocycles. The third-order valence-corrected chi connectivity index (χ3v) is 6.91. The van der Waals surface area contributed by atoms with E-state index < -0.39 is 0 Å². The average Bonchev–Trinajstić information content (AvgIpc) is 3.66. The maximum Gasteiger partial charge on any atom is 0.316 e. The van der Waals surface area contributed by atoms with Crippen molar-refractivity contribution in [2.45, 2.75) is 12.8 Å². The summed E-state index contributed by atoms with van der Waals surface area (Å²) in [5, 5.41) is 3.92. The van der Waals surface area contributed by atoms with Gasteiger partial charge in [0.15, 0.2) is 0 Å². The quantitative estimate of drug-likeness (QED) is 0.529. The zero-order chi connectivity index (χ0) is 23.2. The molecular weight excluding hydrogens is 436 g/mol. The molecule has 11 nitrogen and oxygen atoms in total. The van der Waals surface area contributed by atoms with Crippen LogP contribution in [-0.2, 0) is 4.74 Å². The van der Waals surface area contributed by atoms with Crippen molar-refractivity contribution in [1.29, 1.82) is 0 Å². The Morgan fingerprint density at radius 3 is 2.59 bits per heavy atom. The maximum absolute atomic E-state index is 12.9. The van der Waals surface area contributed by atoms with Gasteiger partial charge in [-0.2, -0.15) is 19.9 Å². The molecule has 2 saturated carbocycles. The van der Waals surface area contributed by atoms with E-state index in [1.807, 2.05) is 37.4 Å². The summed E-state index contributed by atoms with van der Waals surface area (Å²) >= 11 is 0. The number of aromatic nitrogens is 5. The van der Waals surface area contributed by atoms with Crippen molar-refractivity contribution >= 4 is 23.5 Å². The van der Waals surface area contributed by atoms with E-state index in [1.54, 1.807) is 9.80 Å². The smallest absolute Gasteiger partial charge is 0.316 e. The summed E-state index contributed by atoms with van der Waals surface area (Å²) in [7, 11) is 1.82. The molecule has 2 unspecified atom stereocenters. The van der Waals surface area contributed by atoms with Crippen molar-refractivity contribution in [2.75, 3.05) is 44.0 Å². The van der Waals surface area contributed by atoms with Gasteiger partial charge >= 0.3 is 11.8 Å². The van der Waals surface area contributed by atoms with Crippen molar-refractivity contribution in [3.05, 3.63) is 36.2 Å². The first-order valence-electron chi connectivity index (χ1n) is 11.6. The van der Waals surface area contributed by atoms with Gasteiger partial charge in [0.1, 0.15) is 0 Å². The van der Waals surface area contributed by atoms with Crippen LogP contribution in [-0.4, -0.2) is 69.3 Å². The van der Waals surface area contributed by atoms with Gasteiger partial charge in [-0.25, -0.2) is 0 Å². The molecule has 3 aliphatic rings. The lowest BCUT2D eigenvalue weighted by Gasteiger charge is -2.17. The largest absolute Gasteiger partial charge is 0.381 e. The number of carbonyl (C=O) groups excluding carboxylic acids is 1. The minimum absolute atomic E-state index is 0.0232. The van der Waals surface area contributed by atoms with Crippen LogP contribution in [0.1, 0.15) is 23.5 Å². The number of amides is 1. The first-order valence-corrected chi connectivity index (χ1v) is 11.6. The molecule has 2 aromatic heterocycles. The van der Waals surface area contributed by atoms with E-state index in [9.17, 15) is 4.79 Å². The van der Waals surface area contributed by atoms with Crippen LogP contribution in [0, 0.1) is 23.7 Å². The van der Waals surface area contributed by atoms with Gasteiger partial charge in [0.25, 0.3) is 0 Å². The number of nitrogens with two attached hydrogens (primary N) is 1. The molecule has 1 amide bonds. The van der Waals surface area contributed by atoms with Crippen LogP contribution in [0.4, 0.5) is 17.6 Å². The molecule has 1 aliphatic heterocycles. The second-order valence-corrected chi connectivity index (χ2v) is 9.32. The number of benzene rings is 1. The summed E-state index contributed by atoms with van der Waals surface area (Å²) in [5.74, 6) is 2.60. The van der Waals surface area contributed by atoms with Crippen LogP contribution in [0.5, 0.6) is 0 Å². The zero-order valence-electron chi connectivity index (χ0n) is 18.9. The summed E-state index contributed by atoms with van der Waals surface area (Å²) in [4.78, 5) is 33.5. The summed E-state index contributed by atoms with van der Waals surface area (Å²) in [6, 6.07) is 9.61. The fourth-order valence-electron chi connectivity index (χ4n) is 4.65. The molecule has 176 valence electrons. The lowest BCUT2D eigenvalue weighted by Crippen LogP contribution is -2.32. The number of carbonyl (C=O) groups is 1. The molecule has 0 spiro atoms. The standard InChI is InChI=1S/C23H26N8O3/c1-30(14-5-3-2-4-6-14)23-27-18(26-22(24)28-23)19-25-20(34-29-19)21(32)31-9-15-16(10-31)17(15)12-33-11-13-7-8-13/h2-6,13,15-17H,7-12H2,1H3,(H2,24,26,27,28). The molecule has 34 heavy (non-hydrogen) atoms. The van der Waals surface area contributed by atoms with E-state index in [1.165, 1.54) is 12.8 Å². The van der Waals surface area contributed by atoms with E-state index in [4.69, 9.17) is 15.0 Å². The summed E-state index contributed by atoms with van der Waals surface area (Å²) in [5.41, 5.74) is 6.79. The Labute approximate surface area is 196 Å². The van der Waals surface area contributed by atoms with Gasteiger partial charge < -0.3 is 24.8 Å². The molecular formula is C23H26N8O3. The SMILES string of the molecule is CN(c1ccccc1)c1nc(N)nc(-c2noc(C(=O)N3CC4C(COCC5CC5)C4C3)n2)n1. The van der Waals surface area contributed by atoms with Gasteiger partial charge in [-0.15, -0.1) is 0 Å². The van der Waals surface area contributed by atoms with Gasteiger partial charge in [-0.1, -0.05) is 23.4 Å². The highest BCUT2D eigenvalue weighted by molar-refractivity contribution is 5.90. The number of para-hydroxylation sites is 1. The van der Waals surface area contributed by atoms with E-state index in [2.05, 4.69) is 25.1 Å². The van der Waals surface area contributed by atoms with Crippen LogP contribution in [0.15, 0.2) is 34.9 Å². The Morgan fingerprint density at radius 1 is 1.09 bits per heavy atom. The fraction of sp³-hybridized carbons (Fsp3) is 0.478. The highest BCUT2D eigenvalue weighted by Gasteiger charge is 2.57. The number of hydrogen-bond acceptors (Lipinski definition) is 10. The zero-order valence-corrected chi connectivity index (χ0v) is 18.9. The highest BCUT2D eigenvalue weighted by Crippen LogP contribution is 2.52.